The molecule has 0 saturated carbocycles. The van der Waals surface area contributed by atoms with Crippen LogP contribution in [0.1, 0.15) is 29.7 Å². The first-order chi connectivity index (χ1) is 10.1. The molecule has 4 rings (SSSR count). The molecule has 0 spiro atoms. The molecule has 1 aliphatic heterocycles. The summed E-state index contributed by atoms with van der Waals surface area (Å²) in [6.07, 6.45) is 0.0966. The van der Waals surface area contributed by atoms with Crippen LogP contribution in [0.5, 0.6) is 5.75 Å². The molecule has 1 heterocycles. The molecule has 1 unspecified atom stereocenters. The number of hydrogen-bond donors (Lipinski definition) is 0. The Labute approximate surface area is 125 Å². The molecule has 0 aliphatic carbocycles. The molecule has 104 valence electrons. The quantitative estimate of drug-likeness (QED) is 0.520. The Bertz CT molecular complexity index is 861. The van der Waals surface area contributed by atoms with E-state index in [1.807, 2.05) is 0 Å². The molecular weight excluding hydrogens is 256 g/mol. The molecule has 3 aromatic carbocycles. The minimum atomic E-state index is 0.0966. The van der Waals surface area contributed by atoms with Crippen molar-refractivity contribution in [2.45, 2.75) is 26.9 Å². The van der Waals surface area contributed by atoms with Crippen molar-refractivity contribution in [3.05, 3.63) is 65.2 Å². The monoisotopic (exact) mass is 274 g/mol. The van der Waals surface area contributed by atoms with Crippen molar-refractivity contribution in [2.24, 2.45) is 0 Å². The van der Waals surface area contributed by atoms with Gasteiger partial charge in [-0.1, -0.05) is 59.7 Å². The van der Waals surface area contributed by atoms with E-state index in [0.29, 0.717) is 0 Å². The standard InChI is InChI=1S/C20H18O/c1-12-4-7-16-15(10-12)6-9-18-17-8-5-13(2)11-19(17)14(3)21-20(16)18/h4-11,14H,1-3H3. The van der Waals surface area contributed by atoms with Gasteiger partial charge in [-0.3, -0.25) is 0 Å². The van der Waals surface area contributed by atoms with Gasteiger partial charge in [-0.2, -0.15) is 0 Å². The van der Waals surface area contributed by atoms with Crippen LogP contribution in [0, 0.1) is 13.8 Å². The van der Waals surface area contributed by atoms with E-state index in [4.69, 9.17) is 4.74 Å². The molecule has 0 amide bonds. The highest BCUT2D eigenvalue weighted by molar-refractivity contribution is 5.96. The summed E-state index contributed by atoms with van der Waals surface area (Å²) in [4.78, 5) is 0. The van der Waals surface area contributed by atoms with Crippen LogP contribution in [0.2, 0.25) is 0 Å². The predicted octanol–water partition coefficient (Wildman–Crippen LogP) is 5.58. The average Bonchev–Trinajstić information content (AvgIpc) is 2.47. The Morgan fingerprint density at radius 1 is 0.810 bits per heavy atom. The Kier molecular flexibility index (Phi) is 2.58. The van der Waals surface area contributed by atoms with Crippen molar-refractivity contribution >= 4 is 10.8 Å². The Hall–Kier alpha value is -2.28. The summed E-state index contributed by atoms with van der Waals surface area (Å²) < 4.78 is 6.27. The molecule has 1 aliphatic rings. The zero-order valence-corrected chi connectivity index (χ0v) is 12.6. The maximum Gasteiger partial charge on any atom is 0.135 e. The SMILES string of the molecule is Cc1ccc2c(c1)C(C)Oc1c-2ccc2cc(C)ccc12. The highest BCUT2D eigenvalue weighted by Gasteiger charge is 2.24. The summed E-state index contributed by atoms with van der Waals surface area (Å²) in [5.41, 5.74) is 6.36. The first-order valence-electron chi connectivity index (χ1n) is 7.44. The first kappa shape index (κ1) is 12.5. The van der Waals surface area contributed by atoms with Crippen LogP contribution in [-0.2, 0) is 0 Å². The van der Waals surface area contributed by atoms with Gasteiger partial charge in [0.15, 0.2) is 0 Å². The van der Waals surface area contributed by atoms with Gasteiger partial charge in [0.25, 0.3) is 0 Å². The summed E-state index contributed by atoms with van der Waals surface area (Å²) >= 11 is 0. The Morgan fingerprint density at radius 2 is 1.52 bits per heavy atom. The molecule has 0 fully saturated rings. The number of rotatable bonds is 0. The van der Waals surface area contributed by atoms with Crippen LogP contribution in [0.25, 0.3) is 21.9 Å². The molecule has 0 saturated heterocycles. The molecule has 0 aromatic heterocycles. The largest absolute Gasteiger partial charge is 0.485 e. The van der Waals surface area contributed by atoms with E-state index in [9.17, 15) is 0 Å². The van der Waals surface area contributed by atoms with Gasteiger partial charge in [-0.15, -0.1) is 0 Å². The fourth-order valence-corrected chi connectivity index (χ4v) is 3.26. The van der Waals surface area contributed by atoms with E-state index >= 15 is 0 Å². The van der Waals surface area contributed by atoms with Gasteiger partial charge in [0.1, 0.15) is 11.9 Å². The van der Waals surface area contributed by atoms with Gasteiger partial charge in [0, 0.05) is 16.5 Å². The number of benzene rings is 3. The second-order valence-electron chi connectivity index (χ2n) is 6.02. The van der Waals surface area contributed by atoms with Gasteiger partial charge < -0.3 is 4.74 Å². The van der Waals surface area contributed by atoms with Crippen LogP contribution < -0.4 is 4.74 Å². The summed E-state index contributed by atoms with van der Waals surface area (Å²) in [6, 6.07) is 17.6. The van der Waals surface area contributed by atoms with E-state index < -0.39 is 0 Å². The van der Waals surface area contributed by atoms with Gasteiger partial charge in [0.2, 0.25) is 0 Å². The van der Waals surface area contributed by atoms with Crippen LogP contribution in [-0.4, -0.2) is 0 Å². The normalized spacial score (nSPS) is 16.2. The minimum absolute atomic E-state index is 0.0966. The molecular formula is C20H18O. The van der Waals surface area contributed by atoms with E-state index in [-0.39, 0.29) is 6.10 Å². The van der Waals surface area contributed by atoms with E-state index in [1.54, 1.807) is 0 Å². The van der Waals surface area contributed by atoms with Crippen LogP contribution in [0.15, 0.2) is 48.5 Å². The third-order valence-corrected chi connectivity index (χ3v) is 4.36. The number of hydrogen-bond acceptors (Lipinski definition) is 1. The molecule has 0 bridgehead atoms. The maximum atomic E-state index is 6.27. The topological polar surface area (TPSA) is 9.23 Å². The van der Waals surface area contributed by atoms with E-state index in [1.165, 1.54) is 38.6 Å². The van der Waals surface area contributed by atoms with Crippen LogP contribution >= 0.6 is 0 Å². The molecule has 0 radical (unpaired) electrons. The second kappa shape index (κ2) is 4.36. The first-order valence-corrected chi connectivity index (χ1v) is 7.44. The number of aryl methyl sites for hydroxylation is 2. The molecule has 0 N–H and O–H groups in total. The summed E-state index contributed by atoms with van der Waals surface area (Å²) in [7, 11) is 0. The smallest absolute Gasteiger partial charge is 0.135 e. The van der Waals surface area contributed by atoms with Gasteiger partial charge in [-0.05, 0) is 31.7 Å². The molecule has 3 aromatic rings. The molecule has 21 heavy (non-hydrogen) atoms. The molecule has 1 atom stereocenters. The highest BCUT2D eigenvalue weighted by Crippen LogP contribution is 2.46. The Balaban J connectivity index is 2.05. The zero-order valence-electron chi connectivity index (χ0n) is 12.6. The van der Waals surface area contributed by atoms with Crippen molar-refractivity contribution in [1.82, 2.24) is 0 Å². The van der Waals surface area contributed by atoms with Gasteiger partial charge >= 0.3 is 0 Å². The lowest BCUT2D eigenvalue weighted by Gasteiger charge is -2.28. The van der Waals surface area contributed by atoms with Gasteiger partial charge in [-0.25, -0.2) is 0 Å². The number of ether oxygens (including phenoxy) is 1. The van der Waals surface area contributed by atoms with E-state index in [2.05, 4.69) is 69.3 Å². The third-order valence-electron chi connectivity index (χ3n) is 4.36. The van der Waals surface area contributed by atoms with Crippen molar-refractivity contribution in [3.8, 4) is 16.9 Å². The summed E-state index contributed by atoms with van der Waals surface area (Å²) in [6.45, 7) is 6.39. The predicted molar refractivity (Wildman–Crippen MR) is 87.9 cm³/mol. The lowest BCUT2D eigenvalue weighted by Crippen LogP contribution is -2.11. The molecule has 1 nitrogen and oxygen atoms in total. The Morgan fingerprint density at radius 3 is 2.38 bits per heavy atom. The zero-order chi connectivity index (χ0) is 14.6. The van der Waals surface area contributed by atoms with Crippen LogP contribution in [0.3, 0.4) is 0 Å². The highest BCUT2D eigenvalue weighted by atomic mass is 16.5. The van der Waals surface area contributed by atoms with Crippen molar-refractivity contribution in [1.29, 1.82) is 0 Å². The fraction of sp³-hybridized carbons (Fsp3) is 0.200. The second-order valence-corrected chi connectivity index (χ2v) is 6.02. The minimum Gasteiger partial charge on any atom is -0.485 e. The summed E-state index contributed by atoms with van der Waals surface area (Å²) in [5.74, 6) is 1.02. The lowest BCUT2D eigenvalue weighted by atomic mass is 9.90. The third kappa shape index (κ3) is 1.84. The summed E-state index contributed by atoms with van der Waals surface area (Å²) in [5, 5.41) is 2.45. The van der Waals surface area contributed by atoms with Crippen molar-refractivity contribution in [3.63, 3.8) is 0 Å². The van der Waals surface area contributed by atoms with Gasteiger partial charge in [0.05, 0.1) is 0 Å². The molecule has 1 heteroatoms. The van der Waals surface area contributed by atoms with E-state index in [0.717, 1.165) is 5.75 Å². The fourth-order valence-electron chi connectivity index (χ4n) is 3.26. The average molecular weight is 274 g/mol. The van der Waals surface area contributed by atoms with Crippen molar-refractivity contribution < 1.29 is 4.74 Å². The maximum absolute atomic E-state index is 6.27. The van der Waals surface area contributed by atoms with Crippen molar-refractivity contribution in [2.75, 3.05) is 0 Å². The lowest BCUT2D eigenvalue weighted by molar-refractivity contribution is 0.226. The number of fused-ring (bicyclic) bond motifs is 5. The van der Waals surface area contributed by atoms with Crippen LogP contribution in [0.4, 0.5) is 0 Å².